The fourth-order valence-corrected chi connectivity index (χ4v) is 1.55. The maximum Gasteiger partial charge on any atom is 0.320 e. The molecule has 0 radical (unpaired) electrons. The van der Waals surface area contributed by atoms with Gasteiger partial charge in [-0.2, -0.15) is 0 Å². The van der Waals surface area contributed by atoms with E-state index in [2.05, 4.69) is 37.7 Å². The van der Waals surface area contributed by atoms with Crippen LogP contribution >= 0.6 is 22.6 Å². The number of hydrogen-bond donors (Lipinski definition) is 1. The Morgan fingerprint density at radius 2 is 1.88 bits per heavy atom. The highest BCUT2D eigenvalue weighted by atomic mass is 127. The third kappa shape index (κ3) is 6.85. The van der Waals surface area contributed by atoms with Gasteiger partial charge >= 0.3 is 5.97 Å². The van der Waals surface area contributed by atoms with Crippen LogP contribution in [0.5, 0.6) is 0 Å². The van der Waals surface area contributed by atoms with Gasteiger partial charge in [-0.25, -0.2) is 0 Å². The molecule has 0 aromatic heterocycles. The van der Waals surface area contributed by atoms with Crippen molar-refractivity contribution in [2.45, 2.75) is 38.0 Å². The average molecular weight is 355 g/mol. The minimum absolute atomic E-state index is 0.0157. The molecule has 0 aliphatic heterocycles. The number of amides is 1. The Morgan fingerprint density at radius 1 is 1.35 bits per heavy atom. The van der Waals surface area contributed by atoms with Crippen molar-refractivity contribution in [1.82, 2.24) is 5.32 Å². The van der Waals surface area contributed by atoms with Crippen LogP contribution in [0.4, 0.5) is 0 Å². The van der Waals surface area contributed by atoms with E-state index in [0.717, 1.165) is 0 Å². The number of halogens is 1. The van der Waals surface area contributed by atoms with E-state index in [1.807, 2.05) is 22.6 Å². The Labute approximate surface area is 117 Å². The molecule has 2 atom stereocenters. The third-order valence-corrected chi connectivity index (χ3v) is 3.85. The summed E-state index contributed by atoms with van der Waals surface area (Å²) in [7, 11) is 1.34. The molecule has 4 nitrogen and oxygen atoms in total. The number of carbonyl (C=O) groups excluding carboxylic acids is 2. The number of alkyl halides is 1. The minimum Gasteiger partial charge on any atom is -0.468 e. The van der Waals surface area contributed by atoms with Gasteiger partial charge in [0.15, 0.2) is 0 Å². The van der Waals surface area contributed by atoms with Crippen molar-refractivity contribution in [1.29, 1.82) is 0 Å². The number of rotatable bonds is 5. The quantitative estimate of drug-likeness (QED) is 0.467. The SMILES string of the molecule is COC(=O)C(I)CNC(=O)CC(C)C(C)(C)C. The smallest absolute Gasteiger partial charge is 0.320 e. The first kappa shape index (κ1) is 16.7. The molecule has 1 N–H and O–H groups in total. The second-order valence-corrected chi connectivity index (χ2v) is 6.77. The molecule has 0 aliphatic rings. The number of ether oxygens (including phenoxy) is 1. The van der Waals surface area contributed by atoms with E-state index in [9.17, 15) is 9.59 Å². The minimum atomic E-state index is -0.327. The van der Waals surface area contributed by atoms with E-state index in [-0.39, 0.29) is 21.2 Å². The lowest BCUT2D eigenvalue weighted by molar-refractivity contribution is -0.139. The Bertz CT molecular complexity index is 273. The van der Waals surface area contributed by atoms with Crippen molar-refractivity contribution in [2.24, 2.45) is 11.3 Å². The van der Waals surface area contributed by atoms with Gasteiger partial charge < -0.3 is 10.1 Å². The van der Waals surface area contributed by atoms with Crippen molar-refractivity contribution in [3.05, 3.63) is 0 Å². The van der Waals surface area contributed by atoms with Crippen LogP contribution in [0.25, 0.3) is 0 Å². The first-order chi connectivity index (χ1) is 7.68. The number of methoxy groups -OCH3 is 1. The van der Waals surface area contributed by atoms with Gasteiger partial charge in [-0.1, -0.05) is 50.3 Å². The summed E-state index contributed by atoms with van der Waals surface area (Å²) in [6, 6.07) is 0. The van der Waals surface area contributed by atoms with Crippen LogP contribution < -0.4 is 5.32 Å². The van der Waals surface area contributed by atoms with Gasteiger partial charge in [-0.3, -0.25) is 9.59 Å². The summed E-state index contributed by atoms with van der Waals surface area (Å²) in [6.45, 7) is 8.71. The summed E-state index contributed by atoms with van der Waals surface area (Å²) in [5.74, 6) is -0.0268. The zero-order valence-corrected chi connectivity index (χ0v) is 13.3. The Balaban J connectivity index is 4.00. The second-order valence-electron chi connectivity index (χ2n) is 5.27. The first-order valence-electron chi connectivity index (χ1n) is 5.67. The third-order valence-electron chi connectivity index (χ3n) is 2.91. The molecule has 0 rings (SSSR count). The maximum absolute atomic E-state index is 11.6. The van der Waals surface area contributed by atoms with Gasteiger partial charge in [0.2, 0.25) is 5.91 Å². The van der Waals surface area contributed by atoms with Crippen molar-refractivity contribution in [2.75, 3.05) is 13.7 Å². The van der Waals surface area contributed by atoms with Gasteiger partial charge in [-0.05, 0) is 11.3 Å². The molecule has 1 amide bonds. The molecule has 0 aromatic carbocycles. The molecule has 0 heterocycles. The zero-order valence-electron chi connectivity index (χ0n) is 11.2. The molecule has 0 aliphatic carbocycles. The van der Waals surface area contributed by atoms with Crippen LogP contribution in [0.3, 0.4) is 0 Å². The first-order valence-corrected chi connectivity index (χ1v) is 6.91. The normalized spacial score (nSPS) is 14.9. The Hall–Kier alpha value is -0.330. The predicted molar refractivity (Wildman–Crippen MR) is 76.1 cm³/mol. The molecule has 0 bridgehead atoms. The number of nitrogens with one attached hydrogen (secondary N) is 1. The van der Waals surface area contributed by atoms with Crippen LogP contribution in [0.1, 0.15) is 34.1 Å². The van der Waals surface area contributed by atoms with Crippen LogP contribution in [0.15, 0.2) is 0 Å². The molecule has 0 aromatic rings. The maximum atomic E-state index is 11.6. The molecule has 100 valence electrons. The summed E-state index contributed by atoms with van der Waals surface area (Å²) >= 11 is 1.96. The summed E-state index contributed by atoms with van der Waals surface area (Å²) < 4.78 is 4.25. The lowest BCUT2D eigenvalue weighted by atomic mass is 9.80. The molecule has 0 spiro atoms. The molecule has 0 fully saturated rings. The van der Waals surface area contributed by atoms with Gasteiger partial charge in [0, 0.05) is 13.0 Å². The Kier molecular flexibility index (Phi) is 7.04. The van der Waals surface area contributed by atoms with Crippen molar-refractivity contribution < 1.29 is 14.3 Å². The van der Waals surface area contributed by atoms with E-state index < -0.39 is 0 Å². The van der Waals surface area contributed by atoms with E-state index in [1.54, 1.807) is 0 Å². The standard InChI is InChI=1S/C12H22INO3/c1-8(12(2,3)4)6-10(15)14-7-9(13)11(16)17-5/h8-9H,6-7H2,1-5H3,(H,14,15). The molecule has 0 saturated carbocycles. The van der Waals surface area contributed by atoms with Crippen LogP contribution in [0, 0.1) is 11.3 Å². The topological polar surface area (TPSA) is 55.4 Å². The summed E-state index contributed by atoms with van der Waals surface area (Å²) in [6.07, 6.45) is 0.480. The lowest BCUT2D eigenvalue weighted by Crippen LogP contribution is -2.35. The van der Waals surface area contributed by atoms with E-state index in [1.165, 1.54) is 7.11 Å². The molecule has 0 saturated heterocycles. The van der Waals surface area contributed by atoms with E-state index >= 15 is 0 Å². The Morgan fingerprint density at radius 3 is 2.29 bits per heavy atom. The van der Waals surface area contributed by atoms with Crippen molar-refractivity contribution in [3.8, 4) is 0 Å². The van der Waals surface area contributed by atoms with Crippen LogP contribution in [-0.4, -0.2) is 29.5 Å². The molecular weight excluding hydrogens is 333 g/mol. The zero-order chi connectivity index (χ0) is 13.6. The fraction of sp³-hybridized carbons (Fsp3) is 0.833. The van der Waals surface area contributed by atoms with Crippen molar-refractivity contribution >= 4 is 34.5 Å². The average Bonchev–Trinajstić information content (AvgIpc) is 2.23. The highest BCUT2D eigenvalue weighted by Crippen LogP contribution is 2.27. The van der Waals surface area contributed by atoms with Crippen molar-refractivity contribution in [3.63, 3.8) is 0 Å². The van der Waals surface area contributed by atoms with Gasteiger partial charge in [-0.15, -0.1) is 0 Å². The number of hydrogen-bond acceptors (Lipinski definition) is 3. The van der Waals surface area contributed by atoms with Gasteiger partial charge in [0.1, 0.15) is 3.92 Å². The van der Waals surface area contributed by atoms with E-state index in [0.29, 0.717) is 18.9 Å². The van der Waals surface area contributed by atoms with Crippen LogP contribution in [0.2, 0.25) is 0 Å². The van der Waals surface area contributed by atoms with E-state index in [4.69, 9.17) is 0 Å². The monoisotopic (exact) mass is 355 g/mol. The highest BCUT2D eigenvalue weighted by molar-refractivity contribution is 14.1. The van der Waals surface area contributed by atoms with Crippen LogP contribution in [-0.2, 0) is 14.3 Å². The fourth-order valence-electron chi connectivity index (χ4n) is 1.07. The molecule has 2 unspecified atom stereocenters. The second kappa shape index (κ2) is 7.18. The number of esters is 1. The highest BCUT2D eigenvalue weighted by Gasteiger charge is 2.23. The largest absolute Gasteiger partial charge is 0.468 e. The molecule has 5 heteroatoms. The number of carbonyl (C=O) groups is 2. The predicted octanol–water partition coefficient (Wildman–Crippen LogP) is 2.15. The summed E-state index contributed by atoms with van der Waals surface area (Å²) in [5.41, 5.74) is 0.114. The van der Waals surface area contributed by atoms with Gasteiger partial charge in [0.25, 0.3) is 0 Å². The van der Waals surface area contributed by atoms with Gasteiger partial charge in [0.05, 0.1) is 7.11 Å². The summed E-state index contributed by atoms with van der Waals surface area (Å²) in [5, 5.41) is 2.75. The molecule has 17 heavy (non-hydrogen) atoms. The lowest BCUT2D eigenvalue weighted by Gasteiger charge is -2.26. The molecular formula is C12H22INO3. The summed E-state index contributed by atoms with van der Waals surface area (Å²) in [4.78, 5) is 22.8.